The molecular formula is C18H42O6Si4. The van der Waals surface area contributed by atoms with E-state index in [4.69, 9.17) is 12.3 Å². The lowest BCUT2D eigenvalue weighted by molar-refractivity contribution is -0.153. The molecule has 0 N–H and O–H groups in total. The van der Waals surface area contributed by atoms with Gasteiger partial charge in [-0.05, 0) is 71.9 Å². The van der Waals surface area contributed by atoms with Gasteiger partial charge in [0.05, 0.1) is 12.3 Å². The molecule has 0 bridgehead atoms. The summed E-state index contributed by atoms with van der Waals surface area (Å²) in [5.74, 6) is -0.845. The first-order valence-corrected chi connectivity index (χ1v) is 22.7. The fourth-order valence-electron chi connectivity index (χ4n) is 3.30. The topological polar surface area (TPSA) is 71.1 Å². The third-order valence-electron chi connectivity index (χ3n) is 3.46. The van der Waals surface area contributed by atoms with Crippen molar-refractivity contribution in [3.63, 3.8) is 0 Å². The maximum atomic E-state index is 10.8. The van der Waals surface area contributed by atoms with Gasteiger partial charge in [-0.1, -0.05) is 19.8 Å². The smallest absolute Gasteiger partial charge is 0.317 e. The van der Waals surface area contributed by atoms with Crippen LogP contribution in [0.5, 0.6) is 0 Å². The quantitative estimate of drug-likeness (QED) is 0.258. The first-order valence-electron chi connectivity index (χ1n) is 10.2. The van der Waals surface area contributed by atoms with Crippen molar-refractivity contribution in [1.82, 2.24) is 0 Å². The number of rotatable bonds is 9. The van der Waals surface area contributed by atoms with E-state index in [-0.39, 0.29) is 17.9 Å². The van der Waals surface area contributed by atoms with E-state index in [2.05, 4.69) is 77.1 Å². The molecule has 1 saturated heterocycles. The van der Waals surface area contributed by atoms with Gasteiger partial charge >= 0.3 is 29.1 Å². The highest BCUT2D eigenvalue weighted by atomic mass is 28.5. The molecule has 1 fully saturated rings. The van der Waals surface area contributed by atoms with Crippen molar-refractivity contribution in [1.29, 1.82) is 0 Å². The number of ether oxygens (including phenoxy) is 1. The van der Waals surface area contributed by atoms with Gasteiger partial charge in [0.15, 0.2) is 16.6 Å². The Balaban J connectivity index is 0.000000567. The Morgan fingerprint density at radius 1 is 0.821 bits per heavy atom. The summed E-state index contributed by atoms with van der Waals surface area (Å²) in [7, 11) is -7.18. The van der Waals surface area contributed by atoms with E-state index < -0.39 is 33.8 Å². The van der Waals surface area contributed by atoms with Crippen LogP contribution in [-0.2, 0) is 26.7 Å². The zero-order valence-electron chi connectivity index (χ0n) is 19.9. The third-order valence-corrected chi connectivity index (χ3v) is 16.2. The van der Waals surface area contributed by atoms with Crippen LogP contribution in [-0.4, -0.2) is 45.7 Å². The van der Waals surface area contributed by atoms with Crippen LogP contribution < -0.4 is 0 Å². The Morgan fingerprint density at radius 2 is 1.25 bits per heavy atom. The Bertz CT molecular complexity index is 497. The van der Waals surface area contributed by atoms with E-state index in [1.165, 1.54) is 0 Å². The molecule has 1 aliphatic rings. The third kappa shape index (κ3) is 14.0. The summed E-state index contributed by atoms with van der Waals surface area (Å²) in [4.78, 5) is 21.4. The van der Waals surface area contributed by atoms with Crippen molar-refractivity contribution in [2.75, 3.05) is 0 Å². The van der Waals surface area contributed by atoms with E-state index >= 15 is 0 Å². The van der Waals surface area contributed by atoms with Crippen molar-refractivity contribution < 1.29 is 26.7 Å². The fraction of sp³-hybridized carbons (Fsp3) is 0.889. The van der Waals surface area contributed by atoms with Gasteiger partial charge in [0.25, 0.3) is 0 Å². The van der Waals surface area contributed by atoms with Gasteiger partial charge in [-0.3, -0.25) is 9.59 Å². The number of carbonyl (C=O) groups is 2. The van der Waals surface area contributed by atoms with Crippen LogP contribution in [0.3, 0.4) is 0 Å². The molecule has 0 aliphatic carbocycles. The second kappa shape index (κ2) is 10.8. The molecule has 0 aromatic rings. The summed E-state index contributed by atoms with van der Waals surface area (Å²) in [6.07, 6.45) is 3.13. The zero-order valence-corrected chi connectivity index (χ0v) is 23.9. The van der Waals surface area contributed by atoms with Crippen molar-refractivity contribution in [3.8, 4) is 0 Å². The summed E-state index contributed by atoms with van der Waals surface area (Å²) in [6, 6.07) is 0. The molecule has 0 aromatic heterocycles. The average Bonchev–Trinajstić information content (AvgIpc) is 2.67. The summed E-state index contributed by atoms with van der Waals surface area (Å²) in [6.45, 7) is 23.8. The van der Waals surface area contributed by atoms with E-state index in [1.54, 1.807) is 0 Å². The number of unbranched alkanes of at least 4 members (excludes halogenated alkanes) is 1. The minimum atomic E-state index is -2.05. The van der Waals surface area contributed by atoms with Crippen molar-refractivity contribution in [2.45, 2.75) is 98.1 Å². The predicted molar refractivity (Wildman–Crippen MR) is 124 cm³/mol. The van der Waals surface area contributed by atoms with Gasteiger partial charge < -0.3 is 17.1 Å². The van der Waals surface area contributed by atoms with Crippen molar-refractivity contribution in [3.05, 3.63) is 0 Å². The monoisotopic (exact) mass is 466 g/mol. The van der Waals surface area contributed by atoms with E-state index in [0.717, 1.165) is 19.3 Å². The average molecular weight is 467 g/mol. The van der Waals surface area contributed by atoms with Crippen LogP contribution in [0, 0.1) is 5.92 Å². The molecule has 1 atom stereocenters. The molecule has 0 radical (unpaired) electrons. The van der Waals surface area contributed by atoms with Crippen LogP contribution >= 0.6 is 0 Å². The van der Waals surface area contributed by atoms with Crippen LogP contribution in [0.25, 0.3) is 0 Å². The molecule has 0 spiro atoms. The highest BCUT2D eigenvalue weighted by Gasteiger charge is 2.41. The Hall–Kier alpha value is -0.112. The molecule has 10 heteroatoms. The van der Waals surface area contributed by atoms with E-state index in [1.807, 2.05) is 0 Å². The van der Waals surface area contributed by atoms with Gasteiger partial charge in [-0.15, -0.1) is 0 Å². The molecule has 1 aliphatic heterocycles. The lowest BCUT2D eigenvalue weighted by Gasteiger charge is -2.39. The summed E-state index contributed by atoms with van der Waals surface area (Å²) in [5.41, 5.74) is 0. The first-order chi connectivity index (χ1) is 12.4. The SMILES string of the molecule is CCCCC1CC(=O)OC1=O.C[Si](C)(C)O[Si](C)(C)O[Si](C)(C)O[Si](C)(C)C. The van der Waals surface area contributed by atoms with E-state index in [0.29, 0.717) is 6.42 Å². The second-order valence-corrected chi connectivity index (χ2v) is 26.7. The minimum Gasteiger partial charge on any atom is -0.437 e. The van der Waals surface area contributed by atoms with Gasteiger partial charge in [0, 0.05) is 0 Å². The van der Waals surface area contributed by atoms with Gasteiger partial charge in [0.2, 0.25) is 0 Å². The van der Waals surface area contributed by atoms with Crippen molar-refractivity contribution in [2.24, 2.45) is 5.92 Å². The number of cyclic esters (lactones) is 2. The van der Waals surface area contributed by atoms with Gasteiger partial charge in [-0.2, -0.15) is 0 Å². The molecule has 1 heterocycles. The highest BCUT2D eigenvalue weighted by molar-refractivity contribution is 6.89. The maximum absolute atomic E-state index is 10.8. The Labute approximate surface area is 176 Å². The highest BCUT2D eigenvalue weighted by Crippen LogP contribution is 2.23. The number of hydrogen-bond acceptors (Lipinski definition) is 6. The second-order valence-electron chi connectivity index (χ2n) is 10.2. The van der Waals surface area contributed by atoms with Gasteiger partial charge in [-0.25, -0.2) is 0 Å². The number of carbonyl (C=O) groups excluding carboxylic acids is 2. The molecule has 0 amide bonds. The molecule has 1 unspecified atom stereocenters. The van der Waals surface area contributed by atoms with Crippen molar-refractivity contribution >= 4 is 45.7 Å². The number of hydrogen-bond donors (Lipinski definition) is 0. The lowest BCUT2D eigenvalue weighted by Crippen LogP contribution is -2.55. The summed E-state index contributed by atoms with van der Waals surface area (Å²) in [5, 5.41) is 0. The van der Waals surface area contributed by atoms with Crippen LogP contribution in [0.1, 0.15) is 32.6 Å². The normalized spacial score (nSPS) is 18.6. The lowest BCUT2D eigenvalue weighted by atomic mass is 10.0. The maximum Gasteiger partial charge on any atom is 0.317 e. The van der Waals surface area contributed by atoms with Crippen LogP contribution in [0.15, 0.2) is 0 Å². The molecule has 6 nitrogen and oxygen atoms in total. The Morgan fingerprint density at radius 3 is 1.54 bits per heavy atom. The molecule has 0 saturated carbocycles. The summed E-state index contributed by atoms with van der Waals surface area (Å²) >= 11 is 0. The number of esters is 2. The zero-order chi connectivity index (χ0) is 22.4. The first kappa shape index (κ1) is 27.9. The standard InChI is InChI=1S/C10H30O3Si4.C8H12O3/c1-14(2,3)11-16(7,8)13-17(9,10)12-15(4,5)6;1-2-3-4-6-5-7(9)11-8(6)10/h1-10H3;6H,2-5H2,1H3. The molecule has 0 aromatic carbocycles. The van der Waals surface area contributed by atoms with Crippen LogP contribution in [0.2, 0.25) is 65.5 Å². The summed E-state index contributed by atoms with van der Waals surface area (Å²) < 4.78 is 23.1. The Kier molecular flexibility index (Phi) is 10.7. The molecular weight excluding hydrogens is 425 g/mol. The van der Waals surface area contributed by atoms with E-state index in [9.17, 15) is 9.59 Å². The fourth-order valence-corrected chi connectivity index (χ4v) is 20.9. The molecule has 166 valence electrons. The van der Waals surface area contributed by atoms with Crippen LogP contribution in [0.4, 0.5) is 0 Å². The largest absolute Gasteiger partial charge is 0.437 e. The van der Waals surface area contributed by atoms with Gasteiger partial charge in [0.1, 0.15) is 0 Å². The minimum absolute atomic E-state index is 0.151. The predicted octanol–water partition coefficient (Wildman–Crippen LogP) is 5.38. The molecule has 1 rings (SSSR count). The molecule has 28 heavy (non-hydrogen) atoms.